The lowest BCUT2D eigenvalue weighted by Crippen LogP contribution is -2.54. The number of hydrogen-bond acceptors (Lipinski definition) is 2. The maximum absolute atomic E-state index is 3.53. The van der Waals surface area contributed by atoms with Crippen LogP contribution < -0.4 is 5.32 Å². The lowest BCUT2D eigenvalue weighted by molar-refractivity contribution is 0.148. The standard InChI is InChI=1S/C15H24N2/c1-12-6-4-5-7-15(12)8-9-17-11-13(2)16-10-14(17)3/h4-7,13-14,16H,8-11H2,1-3H3. The zero-order valence-electron chi connectivity index (χ0n) is 11.2. The average Bonchev–Trinajstić information content (AvgIpc) is 2.32. The summed E-state index contributed by atoms with van der Waals surface area (Å²) < 4.78 is 0. The summed E-state index contributed by atoms with van der Waals surface area (Å²) in [7, 11) is 0. The third-order valence-corrected chi connectivity index (χ3v) is 3.82. The van der Waals surface area contributed by atoms with E-state index in [1.165, 1.54) is 30.6 Å². The minimum absolute atomic E-state index is 0.628. The molecule has 94 valence electrons. The molecular weight excluding hydrogens is 208 g/mol. The van der Waals surface area contributed by atoms with Crippen LogP contribution in [-0.2, 0) is 6.42 Å². The van der Waals surface area contributed by atoms with Gasteiger partial charge in [0, 0.05) is 31.7 Å². The van der Waals surface area contributed by atoms with Crippen LogP contribution in [0.3, 0.4) is 0 Å². The van der Waals surface area contributed by atoms with Gasteiger partial charge in [-0.05, 0) is 38.3 Å². The van der Waals surface area contributed by atoms with Gasteiger partial charge < -0.3 is 5.32 Å². The number of aryl methyl sites for hydroxylation is 1. The Labute approximate surface area is 105 Å². The largest absolute Gasteiger partial charge is 0.311 e. The van der Waals surface area contributed by atoms with E-state index in [1.807, 2.05) is 0 Å². The van der Waals surface area contributed by atoms with Crippen molar-refractivity contribution in [3.8, 4) is 0 Å². The quantitative estimate of drug-likeness (QED) is 0.859. The van der Waals surface area contributed by atoms with Crippen molar-refractivity contribution in [2.75, 3.05) is 19.6 Å². The zero-order chi connectivity index (χ0) is 12.3. The zero-order valence-corrected chi connectivity index (χ0v) is 11.2. The summed E-state index contributed by atoms with van der Waals surface area (Å²) in [5, 5.41) is 3.53. The van der Waals surface area contributed by atoms with Gasteiger partial charge in [-0.1, -0.05) is 24.3 Å². The van der Waals surface area contributed by atoms with Crippen molar-refractivity contribution in [1.29, 1.82) is 0 Å². The van der Waals surface area contributed by atoms with E-state index in [1.54, 1.807) is 0 Å². The van der Waals surface area contributed by atoms with E-state index < -0.39 is 0 Å². The Morgan fingerprint density at radius 3 is 2.82 bits per heavy atom. The summed E-state index contributed by atoms with van der Waals surface area (Å²) in [6.07, 6.45) is 1.17. The number of rotatable bonds is 3. The van der Waals surface area contributed by atoms with Gasteiger partial charge in [-0.3, -0.25) is 4.90 Å². The van der Waals surface area contributed by atoms with Crippen LogP contribution in [0.1, 0.15) is 25.0 Å². The summed E-state index contributed by atoms with van der Waals surface area (Å²) in [6.45, 7) is 10.3. The molecule has 2 nitrogen and oxygen atoms in total. The van der Waals surface area contributed by atoms with Crippen LogP contribution in [0.2, 0.25) is 0 Å². The first-order valence-corrected chi connectivity index (χ1v) is 6.68. The molecule has 0 aliphatic carbocycles. The van der Waals surface area contributed by atoms with E-state index in [0.29, 0.717) is 12.1 Å². The molecule has 1 N–H and O–H groups in total. The van der Waals surface area contributed by atoms with Crippen LogP contribution in [0.25, 0.3) is 0 Å². The summed E-state index contributed by atoms with van der Waals surface area (Å²) in [5.74, 6) is 0. The molecule has 0 aromatic heterocycles. The van der Waals surface area contributed by atoms with Gasteiger partial charge in [0.15, 0.2) is 0 Å². The number of hydrogen-bond donors (Lipinski definition) is 1. The highest BCUT2D eigenvalue weighted by atomic mass is 15.2. The van der Waals surface area contributed by atoms with Crippen LogP contribution in [0.4, 0.5) is 0 Å². The van der Waals surface area contributed by atoms with Crippen molar-refractivity contribution >= 4 is 0 Å². The molecule has 1 aliphatic rings. The smallest absolute Gasteiger partial charge is 0.0193 e. The molecule has 0 bridgehead atoms. The number of benzene rings is 1. The predicted octanol–water partition coefficient (Wildman–Crippen LogP) is 2.22. The highest BCUT2D eigenvalue weighted by molar-refractivity contribution is 5.25. The Morgan fingerprint density at radius 2 is 2.06 bits per heavy atom. The third-order valence-electron chi connectivity index (χ3n) is 3.82. The topological polar surface area (TPSA) is 15.3 Å². The first-order valence-electron chi connectivity index (χ1n) is 6.68. The Balaban J connectivity index is 1.91. The number of nitrogens with zero attached hydrogens (tertiary/aromatic N) is 1. The minimum atomic E-state index is 0.628. The lowest BCUT2D eigenvalue weighted by Gasteiger charge is -2.37. The highest BCUT2D eigenvalue weighted by Gasteiger charge is 2.21. The van der Waals surface area contributed by atoms with Gasteiger partial charge in [0.05, 0.1) is 0 Å². The van der Waals surface area contributed by atoms with Crippen molar-refractivity contribution < 1.29 is 0 Å². The van der Waals surface area contributed by atoms with Gasteiger partial charge in [0.2, 0.25) is 0 Å². The summed E-state index contributed by atoms with van der Waals surface area (Å²) in [6, 6.07) is 10.0. The van der Waals surface area contributed by atoms with Crippen molar-refractivity contribution in [3.63, 3.8) is 0 Å². The second-order valence-corrected chi connectivity index (χ2v) is 5.33. The number of nitrogens with one attached hydrogen (secondary N) is 1. The van der Waals surface area contributed by atoms with Crippen LogP contribution >= 0.6 is 0 Å². The minimum Gasteiger partial charge on any atom is -0.311 e. The molecule has 0 spiro atoms. The average molecular weight is 232 g/mol. The van der Waals surface area contributed by atoms with E-state index in [2.05, 4.69) is 55.3 Å². The fourth-order valence-electron chi connectivity index (χ4n) is 2.56. The molecular formula is C15H24N2. The second kappa shape index (κ2) is 5.65. The first kappa shape index (κ1) is 12.6. The van der Waals surface area contributed by atoms with Crippen LogP contribution in [0.15, 0.2) is 24.3 Å². The highest BCUT2D eigenvalue weighted by Crippen LogP contribution is 2.11. The van der Waals surface area contributed by atoms with E-state index in [4.69, 9.17) is 0 Å². The van der Waals surface area contributed by atoms with Crippen molar-refractivity contribution in [1.82, 2.24) is 10.2 Å². The van der Waals surface area contributed by atoms with Gasteiger partial charge >= 0.3 is 0 Å². The molecule has 0 radical (unpaired) electrons. The molecule has 1 aromatic carbocycles. The van der Waals surface area contributed by atoms with Gasteiger partial charge in [-0.25, -0.2) is 0 Å². The molecule has 1 fully saturated rings. The van der Waals surface area contributed by atoms with E-state index in [0.717, 1.165) is 6.54 Å². The predicted molar refractivity (Wildman–Crippen MR) is 73.4 cm³/mol. The van der Waals surface area contributed by atoms with Crippen molar-refractivity contribution in [3.05, 3.63) is 35.4 Å². The molecule has 1 heterocycles. The van der Waals surface area contributed by atoms with Crippen LogP contribution in [-0.4, -0.2) is 36.6 Å². The normalized spacial score (nSPS) is 26.1. The Bertz CT molecular complexity index is 362. The number of piperazine rings is 1. The monoisotopic (exact) mass is 232 g/mol. The maximum atomic E-state index is 3.53. The van der Waals surface area contributed by atoms with Crippen molar-refractivity contribution in [2.45, 2.75) is 39.3 Å². The molecule has 0 saturated carbocycles. The third kappa shape index (κ3) is 3.30. The van der Waals surface area contributed by atoms with Crippen LogP contribution in [0, 0.1) is 6.92 Å². The summed E-state index contributed by atoms with van der Waals surface area (Å²) in [4.78, 5) is 2.60. The fraction of sp³-hybridized carbons (Fsp3) is 0.600. The fourth-order valence-corrected chi connectivity index (χ4v) is 2.56. The Kier molecular flexibility index (Phi) is 4.19. The molecule has 2 unspecified atom stereocenters. The first-order chi connectivity index (χ1) is 8.16. The van der Waals surface area contributed by atoms with Crippen molar-refractivity contribution in [2.24, 2.45) is 0 Å². The summed E-state index contributed by atoms with van der Waals surface area (Å²) in [5.41, 5.74) is 2.91. The molecule has 0 amide bonds. The molecule has 1 aliphatic heterocycles. The molecule has 2 heteroatoms. The van der Waals surface area contributed by atoms with Gasteiger partial charge in [0.1, 0.15) is 0 Å². The van der Waals surface area contributed by atoms with Gasteiger partial charge in [-0.15, -0.1) is 0 Å². The molecule has 2 rings (SSSR count). The van der Waals surface area contributed by atoms with Crippen LogP contribution in [0.5, 0.6) is 0 Å². The summed E-state index contributed by atoms with van der Waals surface area (Å²) >= 11 is 0. The SMILES string of the molecule is Cc1ccccc1CCN1CC(C)NCC1C. The maximum Gasteiger partial charge on any atom is 0.0193 e. The Hall–Kier alpha value is -0.860. The molecule has 2 atom stereocenters. The van der Waals surface area contributed by atoms with Gasteiger partial charge in [0.25, 0.3) is 0 Å². The Morgan fingerprint density at radius 1 is 1.29 bits per heavy atom. The second-order valence-electron chi connectivity index (χ2n) is 5.33. The van der Waals surface area contributed by atoms with E-state index in [-0.39, 0.29) is 0 Å². The van der Waals surface area contributed by atoms with Gasteiger partial charge in [-0.2, -0.15) is 0 Å². The lowest BCUT2D eigenvalue weighted by atomic mass is 10.0. The molecule has 1 saturated heterocycles. The molecule has 1 aromatic rings. The molecule has 17 heavy (non-hydrogen) atoms. The van der Waals surface area contributed by atoms with E-state index in [9.17, 15) is 0 Å². The van der Waals surface area contributed by atoms with E-state index >= 15 is 0 Å².